The molecule has 0 heterocycles. The minimum absolute atomic E-state index is 0.0592. The van der Waals surface area contributed by atoms with Gasteiger partial charge in [0, 0.05) is 22.6 Å². The van der Waals surface area contributed by atoms with Gasteiger partial charge in [0.1, 0.15) is 5.75 Å². The van der Waals surface area contributed by atoms with Crippen molar-refractivity contribution in [3.63, 3.8) is 0 Å². The molecule has 0 radical (unpaired) electrons. The van der Waals surface area contributed by atoms with Crippen molar-refractivity contribution in [3.8, 4) is 5.75 Å². The largest absolute Gasteiger partial charge is 0.495 e. The summed E-state index contributed by atoms with van der Waals surface area (Å²) in [5.74, 6) is 0.775. The maximum atomic E-state index is 9.34. The number of aliphatic hydroxyl groups is 1. The quantitative estimate of drug-likeness (QED) is 0.830. The number of para-hydroxylation sites is 2. The van der Waals surface area contributed by atoms with Crippen LogP contribution >= 0.6 is 27.5 Å². The molecule has 0 amide bonds. The maximum Gasteiger partial charge on any atom is 0.142 e. The molecule has 0 aliphatic heterocycles. The number of methoxy groups -OCH3 is 1. The van der Waals surface area contributed by atoms with Gasteiger partial charge in [-0.1, -0.05) is 39.7 Å². The molecule has 0 fully saturated rings. The first-order chi connectivity index (χ1) is 10.2. The van der Waals surface area contributed by atoms with Crippen LogP contribution in [0.15, 0.2) is 46.9 Å². The van der Waals surface area contributed by atoms with Crippen LogP contribution in [-0.4, -0.2) is 25.4 Å². The summed E-state index contributed by atoms with van der Waals surface area (Å²) in [5.41, 5.74) is 1.93. The second-order valence-corrected chi connectivity index (χ2v) is 5.88. The number of rotatable bonds is 6. The van der Waals surface area contributed by atoms with E-state index in [1.165, 1.54) is 0 Å². The molecule has 5 heteroatoms. The first-order valence-electron chi connectivity index (χ1n) is 6.58. The van der Waals surface area contributed by atoms with Crippen molar-refractivity contribution in [2.24, 2.45) is 0 Å². The second-order valence-electron chi connectivity index (χ2n) is 4.55. The van der Waals surface area contributed by atoms with Gasteiger partial charge < -0.3 is 14.7 Å². The molecular weight excluding hydrogens is 354 g/mol. The fourth-order valence-electron chi connectivity index (χ4n) is 2.17. The summed E-state index contributed by atoms with van der Waals surface area (Å²) in [6.07, 6.45) is 0. The molecule has 2 rings (SSSR count). The number of halogens is 2. The van der Waals surface area contributed by atoms with Crippen LogP contribution in [0.1, 0.15) is 5.56 Å². The monoisotopic (exact) mass is 369 g/mol. The zero-order valence-electron chi connectivity index (χ0n) is 11.7. The zero-order chi connectivity index (χ0) is 15.2. The minimum Gasteiger partial charge on any atom is -0.495 e. The SMILES string of the molecule is COc1ccccc1N(CCO)Cc1cc(Br)ccc1Cl. The van der Waals surface area contributed by atoms with Gasteiger partial charge in [-0.25, -0.2) is 0 Å². The Kier molecular flexibility index (Phi) is 5.91. The van der Waals surface area contributed by atoms with E-state index in [1.54, 1.807) is 7.11 Å². The Balaban J connectivity index is 2.33. The van der Waals surface area contributed by atoms with Crippen LogP contribution in [0.3, 0.4) is 0 Å². The first kappa shape index (κ1) is 16.1. The molecule has 0 saturated carbocycles. The van der Waals surface area contributed by atoms with E-state index in [0.717, 1.165) is 21.5 Å². The van der Waals surface area contributed by atoms with Gasteiger partial charge in [-0.3, -0.25) is 0 Å². The summed E-state index contributed by atoms with van der Waals surface area (Å²) in [6.45, 7) is 1.16. The lowest BCUT2D eigenvalue weighted by Gasteiger charge is -2.26. The van der Waals surface area contributed by atoms with E-state index in [9.17, 15) is 5.11 Å². The maximum absolute atomic E-state index is 9.34. The van der Waals surface area contributed by atoms with Crippen LogP contribution in [0.5, 0.6) is 5.75 Å². The fourth-order valence-corrected chi connectivity index (χ4v) is 2.75. The molecule has 0 unspecified atom stereocenters. The van der Waals surface area contributed by atoms with Crippen LogP contribution in [0, 0.1) is 0 Å². The van der Waals surface area contributed by atoms with E-state index in [1.807, 2.05) is 47.4 Å². The Morgan fingerprint density at radius 3 is 2.71 bits per heavy atom. The number of ether oxygens (including phenoxy) is 1. The molecule has 21 heavy (non-hydrogen) atoms. The highest BCUT2D eigenvalue weighted by Gasteiger charge is 2.13. The summed E-state index contributed by atoms with van der Waals surface area (Å²) < 4.78 is 6.38. The topological polar surface area (TPSA) is 32.7 Å². The van der Waals surface area contributed by atoms with E-state index in [0.29, 0.717) is 18.1 Å². The summed E-state index contributed by atoms with van der Waals surface area (Å²) in [5, 5.41) is 10.0. The van der Waals surface area contributed by atoms with Crippen molar-refractivity contribution in [3.05, 3.63) is 57.5 Å². The summed E-state index contributed by atoms with van der Waals surface area (Å²) in [4.78, 5) is 2.05. The van der Waals surface area contributed by atoms with Gasteiger partial charge in [0.25, 0.3) is 0 Å². The normalized spacial score (nSPS) is 10.5. The Hall–Kier alpha value is -1.23. The highest BCUT2D eigenvalue weighted by atomic mass is 79.9. The molecule has 112 valence electrons. The molecule has 0 aromatic heterocycles. The van der Waals surface area contributed by atoms with Gasteiger partial charge in [0.15, 0.2) is 0 Å². The van der Waals surface area contributed by atoms with Crippen LogP contribution in [0.4, 0.5) is 5.69 Å². The Labute approximate surface area is 138 Å². The molecule has 0 aliphatic rings. The summed E-state index contributed by atoms with van der Waals surface area (Å²) in [7, 11) is 1.64. The smallest absolute Gasteiger partial charge is 0.142 e. The average molecular weight is 371 g/mol. The molecule has 0 aliphatic carbocycles. The van der Waals surface area contributed by atoms with Gasteiger partial charge in [-0.15, -0.1) is 0 Å². The lowest BCUT2D eigenvalue weighted by Crippen LogP contribution is -2.26. The second kappa shape index (κ2) is 7.69. The van der Waals surface area contributed by atoms with E-state index < -0.39 is 0 Å². The predicted molar refractivity (Wildman–Crippen MR) is 90.3 cm³/mol. The number of anilines is 1. The molecule has 0 spiro atoms. The van der Waals surface area contributed by atoms with E-state index in [2.05, 4.69) is 15.9 Å². The molecule has 2 aromatic rings. The summed E-state index contributed by atoms with van der Waals surface area (Å²) in [6, 6.07) is 13.5. The van der Waals surface area contributed by atoms with Gasteiger partial charge in [0.05, 0.1) is 19.4 Å². The van der Waals surface area contributed by atoms with Crippen molar-refractivity contribution in [2.45, 2.75) is 6.54 Å². The predicted octanol–water partition coefficient (Wildman–Crippen LogP) is 4.11. The number of benzene rings is 2. The number of nitrogens with zero attached hydrogens (tertiary/aromatic N) is 1. The number of aliphatic hydroxyl groups excluding tert-OH is 1. The standard InChI is InChI=1S/C16H17BrClNO2/c1-21-16-5-3-2-4-15(16)19(8-9-20)11-12-10-13(17)6-7-14(12)18/h2-7,10,20H,8-9,11H2,1H3. The molecule has 0 bridgehead atoms. The van der Waals surface area contributed by atoms with Crippen LogP contribution in [0.2, 0.25) is 5.02 Å². The molecule has 0 saturated heterocycles. The van der Waals surface area contributed by atoms with Gasteiger partial charge in [-0.05, 0) is 35.9 Å². The molecule has 0 atom stereocenters. The first-order valence-corrected chi connectivity index (χ1v) is 7.75. The Morgan fingerprint density at radius 1 is 1.24 bits per heavy atom. The molecule has 3 nitrogen and oxygen atoms in total. The van der Waals surface area contributed by atoms with Crippen LogP contribution in [-0.2, 0) is 6.54 Å². The van der Waals surface area contributed by atoms with Crippen LogP contribution < -0.4 is 9.64 Å². The third-order valence-electron chi connectivity index (χ3n) is 3.16. The highest BCUT2D eigenvalue weighted by molar-refractivity contribution is 9.10. The minimum atomic E-state index is 0.0592. The third-order valence-corrected chi connectivity index (χ3v) is 4.03. The van der Waals surface area contributed by atoms with Gasteiger partial charge >= 0.3 is 0 Å². The fraction of sp³-hybridized carbons (Fsp3) is 0.250. The van der Waals surface area contributed by atoms with Crippen molar-refractivity contribution >= 4 is 33.2 Å². The van der Waals surface area contributed by atoms with Crippen molar-refractivity contribution in [1.29, 1.82) is 0 Å². The lowest BCUT2D eigenvalue weighted by molar-refractivity contribution is 0.301. The van der Waals surface area contributed by atoms with Crippen molar-refractivity contribution in [2.75, 3.05) is 25.2 Å². The van der Waals surface area contributed by atoms with Crippen LogP contribution in [0.25, 0.3) is 0 Å². The summed E-state index contributed by atoms with van der Waals surface area (Å²) >= 11 is 9.72. The Morgan fingerprint density at radius 2 is 2.00 bits per heavy atom. The molecular formula is C16H17BrClNO2. The van der Waals surface area contributed by atoms with E-state index in [4.69, 9.17) is 16.3 Å². The average Bonchev–Trinajstić information content (AvgIpc) is 2.50. The molecule has 1 N–H and O–H groups in total. The number of hydrogen-bond acceptors (Lipinski definition) is 3. The van der Waals surface area contributed by atoms with Gasteiger partial charge in [-0.2, -0.15) is 0 Å². The van der Waals surface area contributed by atoms with Crippen molar-refractivity contribution < 1.29 is 9.84 Å². The van der Waals surface area contributed by atoms with E-state index >= 15 is 0 Å². The highest BCUT2D eigenvalue weighted by Crippen LogP contribution is 2.30. The van der Waals surface area contributed by atoms with E-state index in [-0.39, 0.29) is 6.61 Å². The Bertz CT molecular complexity index is 607. The lowest BCUT2D eigenvalue weighted by atomic mass is 10.2. The van der Waals surface area contributed by atoms with Crippen molar-refractivity contribution in [1.82, 2.24) is 0 Å². The zero-order valence-corrected chi connectivity index (χ0v) is 14.1. The molecule has 2 aromatic carbocycles. The van der Waals surface area contributed by atoms with Gasteiger partial charge in [0.2, 0.25) is 0 Å². The number of hydrogen-bond donors (Lipinski definition) is 1. The third kappa shape index (κ3) is 4.13.